The normalized spacial score (nSPS) is 10.3. The summed E-state index contributed by atoms with van der Waals surface area (Å²) >= 11 is 5.80. The van der Waals surface area contributed by atoms with Crippen LogP contribution in [-0.2, 0) is 4.84 Å². The molecule has 0 amide bonds. The highest BCUT2D eigenvalue weighted by molar-refractivity contribution is 6.30. The number of hydrogen-bond acceptors (Lipinski definition) is 4. The maximum Gasteiger partial charge on any atom is 0.356 e. The number of benzene rings is 2. The average Bonchev–Trinajstić information content (AvgIpc) is 2.45. The minimum absolute atomic E-state index is 0.241. The highest BCUT2D eigenvalue weighted by Gasteiger charge is 2.11. The largest absolute Gasteiger partial charge is 0.373 e. The van der Waals surface area contributed by atoms with Crippen molar-refractivity contribution in [3.05, 3.63) is 75.9 Å². The van der Waals surface area contributed by atoms with Crippen LogP contribution in [0.15, 0.2) is 42.5 Å². The zero-order valence-corrected chi connectivity index (χ0v) is 12.6. The van der Waals surface area contributed by atoms with Crippen molar-refractivity contribution >= 4 is 17.6 Å². The van der Waals surface area contributed by atoms with Crippen LogP contribution in [0.1, 0.15) is 27.0 Å². The summed E-state index contributed by atoms with van der Waals surface area (Å²) in [5.41, 5.74) is 11.4. The number of aryl methyl sites for hydroxylation is 2. The van der Waals surface area contributed by atoms with E-state index in [1.54, 1.807) is 30.3 Å². The monoisotopic (exact) mass is 303 g/mol. The third kappa shape index (κ3) is 3.98. The summed E-state index contributed by atoms with van der Waals surface area (Å²) in [5.74, 6) is -0.482. The van der Waals surface area contributed by atoms with E-state index in [0.717, 1.165) is 11.1 Å². The molecule has 0 aliphatic carbocycles. The smallest absolute Gasteiger partial charge is 0.356 e. The molecule has 0 saturated heterocycles. The SMILES string of the molecule is Cc1ccc(C(=O)ON[C-](N)c2ccc(Cl)cc2)c(C)c1. The van der Waals surface area contributed by atoms with Gasteiger partial charge in [0.05, 0.1) is 5.56 Å². The van der Waals surface area contributed by atoms with Gasteiger partial charge in [-0.15, -0.1) is 0 Å². The van der Waals surface area contributed by atoms with Gasteiger partial charge in [0.25, 0.3) is 0 Å². The Morgan fingerprint density at radius 2 is 1.86 bits per heavy atom. The van der Waals surface area contributed by atoms with Crippen molar-refractivity contribution in [3.63, 3.8) is 0 Å². The summed E-state index contributed by atoms with van der Waals surface area (Å²) < 4.78 is 0. The molecular formula is C16H16ClN2O2-. The molecule has 2 aromatic carbocycles. The fourth-order valence-corrected chi connectivity index (χ4v) is 2.01. The molecule has 4 nitrogen and oxygen atoms in total. The molecule has 5 heteroatoms. The third-order valence-electron chi connectivity index (χ3n) is 3.01. The Morgan fingerprint density at radius 1 is 1.19 bits per heavy atom. The van der Waals surface area contributed by atoms with Gasteiger partial charge in [-0.2, -0.15) is 23.2 Å². The molecule has 21 heavy (non-hydrogen) atoms. The highest BCUT2D eigenvalue weighted by atomic mass is 35.5. The van der Waals surface area contributed by atoms with Gasteiger partial charge in [0, 0.05) is 5.02 Å². The highest BCUT2D eigenvalue weighted by Crippen LogP contribution is 2.14. The predicted molar refractivity (Wildman–Crippen MR) is 82.5 cm³/mol. The van der Waals surface area contributed by atoms with E-state index in [1.807, 2.05) is 26.0 Å². The van der Waals surface area contributed by atoms with Gasteiger partial charge in [-0.05, 0) is 31.6 Å². The quantitative estimate of drug-likeness (QED) is 0.673. The van der Waals surface area contributed by atoms with Crippen LogP contribution < -0.4 is 11.2 Å². The van der Waals surface area contributed by atoms with Crippen LogP contribution >= 0.6 is 11.6 Å². The molecule has 0 atom stereocenters. The molecule has 0 unspecified atom stereocenters. The topological polar surface area (TPSA) is 64.3 Å². The molecule has 2 aromatic rings. The van der Waals surface area contributed by atoms with Crippen molar-refractivity contribution in [2.45, 2.75) is 13.8 Å². The predicted octanol–water partition coefficient (Wildman–Crippen LogP) is 3.11. The van der Waals surface area contributed by atoms with Crippen LogP contribution in [0.5, 0.6) is 0 Å². The van der Waals surface area contributed by atoms with Crippen LogP contribution in [0, 0.1) is 20.0 Å². The van der Waals surface area contributed by atoms with E-state index in [9.17, 15) is 4.79 Å². The fraction of sp³-hybridized carbons (Fsp3) is 0.125. The Bertz CT molecular complexity index is 641. The molecule has 0 radical (unpaired) electrons. The van der Waals surface area contributed by atoms with Crippen molar-refractivity contribution in [1.82, 2.24) is 5.48 Å². The molecule has 0 aromatic heterocycles. The van der Waals surface area contributed by atoms with Crippen molar-refractivity contribution in [3.8, 4) is 0 Å². The van der Waals surface area contributed by atoms with E-state index < -0.39 is 5.97 Å². The number of rotatable bonds is 4. The Morgan fingerprint density at radius 3 is 2.48 bits per heavy atom. The van der Waals surface area contributed by atoms with Gasteiger partial charge in [-0.3, -0.25) is 0 Å². The second-order valence-corrected chi connectivity index (χ2v) is 5.17. The van der Waals surface area contributed by atoms with E-state index >= 15 is 0 Å². The Labute approximate surface area is 128 Å². The van der Waals surface area contributed by atoms with E-state index in [4.69, 9.17) is 22.2 Å². The first-order chi connectivity index (χ1) is 9.97. The summed E-state index contributed by atoms with van der Waals surface area (Å²) in [6.45, 7) is 3.82. The van der Waals surface area contributed by atoms with Gasteiger partial charge in [-0.1, -0.05) is 41.4 Å². The number of halogens is 1. The summed E-state index contributed by atoms with van der Waals surface area (Å²) in [4.78, 5) is 17.0. The molecule has 0 saturated carbocycles. The van der Waals surface area contributed by atoms with Crippen molar-refractivity contribution in [1.29, 1.82) is 0 Å². The summed E-state index contributed by atoms with van der Waals surface area (Å²) in [6.07, 6.45) is 0.241. The van der Waals surface area contributed by atoms with Crippen LogP contribution in [0.3, 0.4) is 0 Å². The number of hydroxylamine groups is 1. The second-order valence-electron chi connectivity index (χ2n) is 4.73. The van der Waals surface area contributed by atoms with Crippen molar-refractivity contribution in [2.24, 2.45) is 5.73 Å². The molecular weight excluding hydrogens is 288 g/mol. The number of hydrogen-bond donors (Lipinski definition) is 2. The standard InChI is InChI=1S/C16H16ClN2O2/c1-10-3-8-14(11(2)9-10)16(20)21-19-15(18)12-4-6-13(17)7-5-12/h3-9,19H,18H2,1-2H3/q-1. The average molecular weight is 304 g/mol. The molecule has 0 heterocycles. The second kappa shape index (κ2) is 6.63. The van der Waals surface area contributed by atoms with Crippen LogP contribution in [0.2, 0.25) is 5.02 Å². The molecule has 0 spiro atoms. The number of carbonyl (C=O) groups is 1. The fourth-order valence-electron chi connectivity index (χ4n) is 1.89. The first-order valence-corrected chi connectivity index (χ1v) is 6.78. The van der Waals surface area contributed by atoms with Crippen molar-refractivity contribution in [2.75, 3.05) is 0 Å². The molecule has 2 rings (SSSR count). The number of nitrogens with one attached hydrogen (secondary N) is 1. The van der Waals surface area contributed by atoms with Crippen molar-refractivity contribution < 1.29 is 9.63 Å². The molecule has 0 aliphatic rings. The van der Waals surface area contributed by atoms with Gasteiger partial charge in [0.15, 0.2) is 0 Å². The van der Waals surface area contributed by atoms with Crippen LogP contribution in [-0.4, -0.2) is 5.97 Å². The zero-order chi connectivity index (χ0) is 15.4. The van der Waals surface area contributed by atoms with Gasteiger partial charge < -0.3 is 10.6 Å². The lowest BCUT2D eigenvalue weighted by Gasteiger charge is -2.21. The first kappa shape index (κ1) is 15.4. The van der Waals surface area contributed by atoms with Gasteiger partial charge >= 0.3 is 5.97 Å². The first-order valence-electron chi connectivity index (χ1n) is 6.40. The van der Waals surface area contributed by atoms with Gasteiger partial charge in [-0.25, -0.2) is 4.79 Å². The van der Waals surface area contributed by atoms with E-state index in [0.29, 0.717) is 16.1 Å². The lowest BCUT2D eigenvalue weighted by molar-refractivity contribution is 0.0279. The third-order valence-corrected chi connectivity index (χ3v) is 3.26. The minimum atomic E-state index is -0.482. The van der Waals surface area contributed by atoms with E-state index in [2.05, 4.69) is 5.48 Å². The lowest BCUT2D eigenvalue weighted by Crippen LogP contribution is -2.32. The molecule has 0 bridgehead atoms. The lowest BCUT2D eigenvalue weighted by atomic mass is 10.1. The van der Waals surface area contributed by atoms with Crippen LogP contribution in [0.4, 0.5) is 0 Å². The summed E-state index contributed by atoms with van der Waals surface area (Å²) in [7, 11) is 0. The Kier molecular flexibility index (Phi) is 4.85. The maximum atomic E-state index is 12.0. The molecule has 0 aliphatic heterocycles. The minimum Gasteiger partial charge on any atom is -0.373 e. The number of nitrogens with two attached hydrogens (primary N) is 1. The molecule has 110 valence electrons. The van der Waals surface area contributed by atoms with Gasteiger partial charge in [0.1, 0.15) is 0 Å². The van der Waals surface area contributed by atoms with Crippen LogP contribution in [0.25, 0.3) is 0 Å². The molecule has 0 fully saturated rings. The summed E-state index contributed by atoms with van der Waals surface area (Å²) in [5, 5.41) is 0.610. The van der Waals surface area contributed by atoms with Gasteiger partial charge in [0.2, 0.25) is 0 Å². The molecule has 3 N–H and O–H groups in total. The maximum absolute atomic E-state index is 12.0. The van der Waals surface area contributed by atoms with E-state index in [-0.39, 0.29) is 6.17 Å². The summed E-state index contributed by atoms with van der Waals surface area (Å²) in [6, 6.07) is 12.4. The Balaban J connectivity index is 1.99. The Hall–Kier alpha value is -2.01. The van der Waals surface area contributed by atoms with E-state index in [1.165, 1.54) is 0 Å². The number of carbonyl (C=O) groups excluding carboxylic acids is 1. The zero-order valence-electron chi connectivity index (χ0n) is 11.8.